The van der Waals surface area contributed by atoms with Crippen LogP contribution in [0.2, 0.25) is 0 Å². The number of aliphatic carboxylic acids is 1. The third-order valence-electron chi connectivity index (χ3n) is 9.08. The van der Waals surface area contributed by atoms with Gasteiger partial charge in [-0.15, -0.1) is 0 Å². The largest absolute Gasteiger partial charge is 0.497 e. The van der Waals surface area contributed by atoms with E-state index in [0.717, 1.165) is 66.5 Å². The lowest BCUT2D eigenvalue weighted by Crippen LogP contribution is -2.25. The second-order valence-corrected chi connectivity index (χ2v) is 11.0. The monoisotopic (exact) mass is 516 g/mol. The quantitative estimate of drug-likeness (QED) is 0.357. The van der Waals surface area contributed by atoms with Crippen LogP contribution in [0.4, 0.5) is 4.39 Å². The minimum absolute atomic E-state index is 0.219. The Bertz CT molecular complexity index is 1390. The third-order valence-corrected chi connectivity index (χ3v) is 9.08. The first kappa shape index (κ1) is 24.9. The van der Waals surface area contributed by atoms with E-state index in [9.17, 15) is 9.90 Å². The van der Waals surface area contributed by atoms with Crippen LogP contribution < -0.4 is 9.47 Å². The molecule has 0 aliphatic heterocycles. The smallest absolute Gasteiger partial charge is 0.307 e. The fourth-order valence-corrected chi connectivity index (χ4v) is 6.85. The van der Waals surface area contributed by atoms with E-state index >= 15 is 4.39 Å². The maximum atomic E-state index is 15.1. The molecule has 2 atom stereocenters. The van der Waals surface area contributed by atoms with Gasteiger partial charge in [0.25, 0.3) is 0 Å². The zero-order valence-electron chi connectivity index (χ0n) is 21.9. The highest BCUT2D eigenvalue weighted by atomic mass is 19.1. The molecular weight excluding hydrogens is 483 g/mol. The Balaban J connectivity index is 1.31. The molecule has 5 nitrogen and oxygen atoms in total. The molecule has 1 spiro atoms. The van der Waals surface area contributed by atoms with Crippen LogP contribution in [-0.2, 0) is 33.6 Å². The van der Waals surface area contributed by atoms with Crippen molar-refractivity contribution >= 4 is 5.97 Å². The van der Waals surface area contributed by atoms with E-state index in [0.29, 0.717) is 24.3 Å². The summed E-state index contributed by atoms with van der Waals surface area (Å²) in [5.41, 5.74) is 4.93. The Hall–Kier alpha value is -3.38. The minimum Gasteiger partial charge on any atom is -0.497 e. The first-order valence-electron chi connectivity index (χ1n) is 13.4. The highest BCUT2D eigenvalue weighted by Crippen LogP contribution is 2.62. The Labute approximate surface area is 222 Å². The van der Waals surface area contributed by atoms with Crippen molar-refractivity contribution in [3.63, 3.8) is 0 Å². The van der Waals surface area contributed by atoms with Crippen molar-refractivity contribution in [2.24, 2.45) is 5.92 Å². The summed E-state index contributed by atoms with van der Waals surface area (Å²) in [5.74, 6) is 0.0544. The number of carbonyl (C=O) groups is 1. The molecule has 0 radical (unpaired) electrons. The van der Waals surface area contributed by atoms with Crippen molar-refractivity contribution in [2.45, 2.75) is 62.6 Å². The van der Waals surface area contributed by atoms with E-state index < -0.39 is 11.6 Å². The standard InChI is InChI=1S/C32H33FO5/c1-36-22-8-10-29(33)25(16-22)24-9-5-20(15-27(24)32(37-2)12-3-4-13-32)19-38-23-7-6-21-11-14-31(26(21)17-23)18-28(31)30(34)35/h5-10,15-17,28H,3-4,11-14,18-19H2,1-2H3,(H,34,35)/t28-,31-/m0/s1. The molecule has 3 aromatic rings. The van der Waals surface area contributed by atoms with Gasteiger partial charge in [0.2, 0.25) is 0 Å². The first-order valence-corrected chi connectivity index (χ1v) is 13.4. The van der Waals surface area contributed by atoms with Gasteiger partial charge in [0.05, 0.1) is 18.6 Å². The van der Waals surface area contributed by atoms with Crippen LogP contribution in [-0.4, -0.2) is 25.3 Å². The molecule has 198 valence electrons. The zero-order chi connectivity index (χ0) is 26.5. The fraction of sp³-hybridized carbons (Fsp3) is 0.406. The lowest BCUT2D eigenvalue weighted by atomic mass is 9.84. The van der Waals surface area contributed by atoms with Crippen LogP contribution in [0.5, 0.6) is 11.5 Å². The summed E-state index contributed by atoms with van der Waals surface area (Å²) in [6, 6.07) is 16.9. The number of carboxylic acids is 1. The maximum absolute atomic E-state index is 15.1. The van der Waals surface area contributed by atoms with Crippen LogP contribution in [0.1, 0.15) is 60.8 Å². The molecule has 1 N–H and O–H groups in total. The SMILES string of the molecule is COc1ccc(F)c(-c2ccc(COc3ccc4c(c3)[C@]3(CC4)C[C@H]3C(=O)O)cc2C2(OC)CCCC2)c1. The van der Waals surface area contributed by atoms with Crippen LogP contribution in [0.25, 0.3) is 11.1 Å². The molecule has 0 aromatic heterocycles. The maximum Gasteiger partial charge on any atom is 0.307 e. The molecule has 3 aromatic carbocycles. The van der Waals surface area contributed by atoms with Crippen molar-refractivity contribution in [1.29, 1.82) is 0 Å². The highest BCUT2D eigenvalue weighted by molar-refractivity contribution is 5.78. The molecule has 0 unspecified atom stereocenters. The molecule has 0 amide bonds. The number of hydrogen-bond acceptors (Lipinski definition) is 4. The molecule has 0 heterocycles. The van der Waals surface area contributed by atoms with Crippen molar-refractivity contribution in [2.75, 3.05) is 14.2 Å². The summed E-state index contributed by atoms with van der Waals surface area (Å²) in [7, 11) is 3.32. The predicted octanol–water partition coefficient (Wildman–Crippen LogP) is 6.78. The number of hydrogen-bond donors (Lipinski definition) is 1. The van der Waals surface area contributed by atoms with Gasteiger partial charge in [-0.1, -0.05) is 31.0 Å². The molecule has 6 heteroatoms. The van der Waals surface area contributed by atoms with Gasteiger partial charge in [-0.3, -0.25) is 4.79 Å². The number of fused-ring (bicyclic) bond motifs is 2. The van der Waals surface area contributed by atoms with Crippen molar-refractivity contribution in [3.8, 4) is 22.6 Å². The van der Waals surface area contributed by atoms with E-state index in [1.807, 2.05) is 24.3 Å². The molecule has 3 aliphatic carbocycles. The van der Waals surface area contributed by atoms with Gasteiger partial charge in [-0.25, -0.2) is 4.39 Å². The first-order chi connectivity index (χ1) is 18.4. The number of halogens is 1. The van der Waals surface area contributed by atoms with Crippen LogP contribution >= 0.6 is 0 Å². The van der Waals surface area contributed by atoms with E-state index in [2.05, 4.69) is 12.1 Å². The summed E-state index contributed by atoms with van der Waals surface area (Å²) in [5, 5.41) is 9.56. The average molecular weight is 517 g/mol. The Morgan fingerprint density at radius 1 is 0.947 bits per heavy atom. The van der Waals surface area contributed by atoms with Gasteiger partial charge in [0.15, 0.2) is 0 Å². The van der Waals surface area contributed by atoms with E-state index in [1.165, 1.54) is 11.6 Å². The van der Waals surface area contributed by atoms with Crippen LogP contribution in [0.3, 0.4) is 0 Å². The molecule has 0 bridgehead atoms. The molecule has 2 saturated carbocycles. The number of rotatable bonds is 8. The molecular formula is C32H33FO5. The van der Waals surface area contributed by atoms with Crippen molar-refractivity contribution < 1.29 is 28.5 Å². The number of methoxy groups -OCH3 is 2. The van der Waals surface area contributed by atoms with Gasteiger partial charge in [0, 0.05) is 18.1 Å². The summed E-state index contributed by atoms with van der Waals surface area (Å²) >= 11 is 0. The van der Waals surface area contributed by atoms with Gasteiger partial charge >= 0.3 is 5.97 Å². The van der Waals surface area contributed by atoms with Crippen LogP contribution in [0, 0.1) is 11.7 Å². The molecule has 6 rings (SSSR count). The minimum atomic E-state index is -0.705. The summed E-state index contributed by atoms with van der Waals surface area (Å²) in [6.07, 6.45) is 6.40. The van der Waals surface area contributed by atoms with Gasteiger partial charge < -0.3 is 19.3 Å². The van der Waals surface area contributed by atoms with Gasteiger partial charge in [-0.05, 0) is 96.3 Å². The molecule has 3 aliphatic rings. The zero-order valence-corrected chi connectivity index (χ0v) is 21.9. The summed E-state index contributed by atoms with van der Waals surface area (Å²) in [4.78, 5) is 11.6. The van der Waals surface area contributed by atoms with Crippen molar-refractivity contribution in [3.05, 3.63) is 82.7 Å². The highest BCUT2D eigenvalue weighted by Gasteiger charge is 2.61. The topological polar surface area (TPSA) is 65.0 Å². The Morgan fingerprint density at radius 2 is 1.74 bits per heavy atom. The second kappa shape index (κ2) is 9.42. The number of carboxylic acid groups (broad SMARTS) is 1. The third kappa shape index (κ3) is 4.06. The molecule has 2 fully saturated rings. The van der Waals surface area contributed by atoms with Gasteiger partial charge in [-0.2, -0.15) is 0 Å². The van der Waals surface area contributed by atoms with E-state index in [-0.39, 0.29) is 17.2 Å². The average Bonchev–Trinajstić information content (AvgIpc) is 3.29. The normalized spacial score (nSPS) is 22.9. The van der Waals surface area contributed by atoms with Crippen LogP contribution in [0.15, 0.2) is 54.6 Å². The number of benzene rings is 3. The Morgan fingerprint density at radius 3 is 2.45 bits per heavy atom. The Kier molecular flexibility index (Phi) is 6.18. The second-order valence-electron chi connectivity index (χ2n) is 11.0. The fourth-order valence-electron chi connectivity index (χ4n) is 6.85. The number of aryl methyl sites for hydroxylation is 1. The summed E-state index contributed by atoms with van der Waals surface area (Å²) in [6.45, 7) is 0.349. The van der Waals surface area contributed by atoms with Crippen molar-refractivity contribution in [1.82, 2.24) is 0 Å². The van der Waals surface area contributed by atoms with E-state index in [4.69, 9.17) is 14.2 Å². The molecule has 0 saturated heterocycles. The summed E-state index contributed by atoms with van der Waals surface area (Å²) < 4.78 is 32.8. The van der Waals surface area contributed by atoms with Gasteiger partial charge in [0.1, 0.15) is 23.9 Å². The lowest BCUT2D eigenvalue weighted by molar-refractivity contribution is -0.139. The predicted molar refractivity (Wildman–Crippen MR) is 142 cm³/mol. The number of ether oxygens (including phenoxy) is 3. The van der Waals surface area contributed by atoms with E-state index in [1.54, 1.807) is 26.4 Å². The lowest BCUT2D eigenvalue weighted by Gasteiger charge is -2.31. The molecule has 38 heavy (non-hydrogen) atoms.